The van der Waals surface area contributed by atoms with Crippen molar-refractivity contribution in [2.75, 3.05) is 5.75 Å². The molecule has 0 aliphatic rings. The number of nitrogens with one attached hydrogen (secondary N) is 1. The number of nitrogens with zero attached hydrogens (tertiary/aromatic N) is 1. The van der Waals surface area contributed by atoms with Crippen molar-refractivity contribution in [1.82, 2.24) is 10.3 Å². The Balaban J connectivity index is 1.98. The summed E-state index contributed by atoms with van der Waals surface area (Å²) in [5, 5.41) is 2.94. The number of hydrogen-bond donors (Lipinski definition) is 1. The van der Waals surface area contributed by atoms with Crippen LogP contribution in [0.3, 0.4) is 0 Å². The molecule has 0 unspecified atom stereocenters. The van der Waals surface area contributed by atoms with Gasteiger partial charge in [-0.1, -0.05) is 42.8 Å². The third-order valence-electron chi connectivity index (χ3n) is 5.07. The lowest BCUT2D eigenvalue weighted by Crippen LogP contribution is -2.27. The van der Waals surface area contributed by atoms with Gasteiger partial charge in [0.1, 0.15) is 0 Å². The van der Waals surface area contributed by atoms with E-state index in [1.165, 1.54) is 6.07 Å². The first kappa shape index (κ1) is 21.7. The zero-order valence-corrected chi connectivity index (χ0v) is 18.5. The summed E-state index contributed by atoms with van der Waals surface area (Å²) in [7, 11) is -3.47. The van der Waals surface area contributed by atoms with Crippen molar-refractivity contribution in [3.63, 3.8) is 0 Å². The Morgan fingerprint density at radius 2 is 1.70 bits per heavy atom. The van der Waals surface area contributed by atoms with E-state index >= 15 is 0 Å². The molecule has 30 heavy (non-hydrogen) atoms. The second-order valence-corrected chi connectivity index (χ2v) is 9.72. The second kappa shape index (κ2) is 8.79. The largest absolute Gasteiger partial charge is 0.345 e. The van der Waals surface area contributed by atoms with E-state index in [0.717, 1.165) is 22.4 Å². The van der Waals surface area contributed by atoms with Gasteiger partial charge in [-0.3, -0.25) is 9.78 Å². The van der Waals surface area contributed by atoms with Crippen LogP contribution in [0.15, 0.2) is 65.7 Å². The molecule has 0 saturated carbocycles. The number of aryl methyl sites for hydroxylation is 2. The summed E-state index contributed by atoms with van der Waals surface area (Å²) in [5.74, 6) is -0.360. The normalized spacial score (nSPS) is 12.4. The molecule has 1 amide bonds. The number of benzene rings is 2. The molecule has 0 saturated heterocycles. The van der Waals surface area contributed by atoms with Gasteiger partial charge in [-0.2, -0.15) is 0 Å². The third kappa shape index (κ3) is 4.94. The molecule has 0 spiro atoms. The van der Waals surface area contributed by atoms with E-state index in [4.69, 9.17) is 0 Å². The zero-order chi connectivity index (χ0) is 21.9. The maximum atomic E-state index is 13.0. The maximum Gasteiger partial charge on any atom is 0.251 e. The van der Waals surface area contributed by atoms with Crippen LogP contribution in [0.4, 0.5) is 0 Å². The molecule has 3 aromatic rings. The van der Waals surface area contributed by atoms with Crippen LogP contribution < -0.4 is 5.32 Å². The lowest BCUT2D eigenvalue weighted by Gasteiger charge is -2.16. The van der Waals surface area contributed by atoms with E-state index < -0.39 is 9.84 Å². The van der Waals surface area contributed by atoms with Crippen molar-refractivity contribution in [1.29, 1.82) is 0 Å². The van der Waals surface area contributed by atoms with Gasteiger partial charge in [0.05, 0.1) is 16.7 Å². The number of carbonyl (C=O) groups is 1. The monoisotopic (exact) mass is 422 g/mol. The summed E-state index contributed by atoms with van der Waals surface area (Å²) in [6, 6.07) is 16.1. The van der Waals surface area contributed by atoms with Crippen LogP contribution in [0.5, 0.6) is 0 Å². The fourth-order valence-corrected chi connectivity index (χ4v) is 4.03. The average molecular weight is 423 g/mol. The Morgan fingerprint density at radius 1 is 1.00 bits per heavy atom. The summed E-state index contributed by atoms with van der Waals surface area (Å²) in [4.78, 5) is 17.4. The average Bonchev–Trinajstić information content (AvgIpc) is 2.74. The number of hydrogen-bond acceptors (Lipinski definition) is 4. The van der Waals surface area contributed by atoms with Gasteiger partial charge >= 0.3 is 0 Å². The maximum absolute atomic E-state index is 13.0. The highest BCUT2D eigenvalue weighted by Gasteiger charge is 2.19. The fourth-order valence-electron chi connectivity index (χ4n) is 3.09. The molecule has 1 N–H and O–H groups in total. The highest BCUT2D eigenvalue weighted by Crippen LogP contribution is 2.26. The molecule has 1 atom stereocenters. The van der Waals surface area contributed by atoms with Gasteiger partial charge in [-0.25, -0.2) is 8.42 Å². The van der Waals surface area contributed by atoms with Crippen molar-refractivity contribution in [2.45, 2.75) is 38.6 Å². The van der Waals surface area contributed by atoms with E-state index in [1.807, 2.05) is 57.2 Å². The SMILES string of the molecule is CCS(=O)(=O)c1cc(C(=O)N[C@H](C)c2ccc(C)nc2)cc(-c2ccc(C)cc2)c1. The van der Waals surface area contributed by atoms with Crippen LogP contribution in [0.25, 0.3) is 11.1 Å². The number of pyridine rings is 1. The van der Waals surface area contributed by atoms with Crippen LogP contribution in [0.1, 0.15) is 47.1 Å². The molecule has 5 nitrogen and oxygen atoms in total. The Hall–Kier alpha value is -2.99. The number of amides is 1. The number of sulfone groups is 1. The lowest BCUT2D eigenvalue weighted by molar-refractivity contribution is 0.0939. The van der Waals surface area contributed by atoms with Crippen molar-refractivity contribution < 1.29 is 13.2 Å². The summed E-state index contributed by atoms with van der Waals surface area (Å²) in [5.41, 5.74) is 4.75. The van der Waals surface area contributed by atoms with Crippen LogP contribution in [0, 0.1) is 13.8 Å². The van der Waals surface area contributed by atoms with Gasteiger partial charge < -0.3 is 5.32 Å². The van der Waals surface area contributed by atoms with Crippen LogP contribution >= 0.6 is 0 Å². The minimum Gasteiger partial charge on any atom is -0.345 e. The minimum absolute atomic E-state index is 0.0309. The molecule has 0 fully saturated rings. The van der Waals surface area contributed by atoms with Crippen LogP contribution in [0.2, 0.25) is 0 Å². The van der Waals surface area contributed by atoms with Crippen molar-refractivity contribution in [3.8, 4) is 11.1 Å². The molecule has 0 aliphatic heterocycles. The van der Waals surface area contributed by atoms with Crippen molar-refractivity contribution >= 4 is 15.7 Å². The van der Waals surface area contributed by atoms with E-state index in [0.29, 0.717) is 11.1 Å². The van der Waals surface area contributed by atoms with E-state index in [1.54, 1.807) is 25.3 Å². The van der Waals surface area contributed by atoms with Gasteiger partial charge in [-0.05, 0) is 61.7 Å². The highest BCUT2D eigenvalue weighted by molar-refractivity contribution is 7.91. The lowest BCUT2D eigenvalue weighted by atomic mass is 10.0. The van der Waals surface area contributed by atoms with Crippen LogP contribution in [-0.4, -0.2) is 25.1 Å². The van der Waals surface area contributed by atoms with Gasteiger partial charge in [0.25, 0.3) is 5.91 Å². The first-order chi connectivity index (χ1) is 14.2. The van der Waals surface area contributed by atoms with E-state index in [2.05, 4.69) is 10.3 Å². The quantitative estimate of drug-likeness (QED) is 0.627. The first-order valence-electron chi connectivity index (χ1n) is 9.88. The molecule has 1 heterocycles. The molecule has 0 radical (unpaired) electrons. The predicted molar refractivity (Wildman–Crippen MR) is 119 cm³/mol. The van der Waals surface area contributed by atoms with Crippen molar-refractivity contribution in [2.24, 2.45) is 0 Å². The van der Waals surface area contributed by atoms with Crippen molar-refractivity contribution in [3.05, 3.63) is 83.2 Å². The van der Waals surface area contributed by atoms with E-state index in [9.17, 15) is 13.2 Å². The number of carbonyl (C=O) groups excluding carboxylic acids is 1. The number of rotatable bonds is 6. The topological polar surface area (TPSA) is 76.1 Å². The highest BCUT2D eigenvalue weighted by atomic mass is 32.2. The molecule has 6 heteroatoms. The van der Waals surface area contributed by atoms with Gasteiger partial charge in [0.2, 0.25) is 0 Å². The summed E-state index contributed by atoms with van der Waals surface area (Å²) in [6.07, 6.45) is 1.73. The van der Waals surface area contributed by atoms with Crippen LogP contribution in [-0.2, 0) is 9.84 Å². The van der Waals surface area contributed by atoms with E-state index in [-0.39, 0.29) is 22.6 Å². The third-order valence-corrected chi connectivity index (χ3v) is 6.79. The molecule has 2 aromatic carbocycles. The second-order valence-electron chi connectivity index (χ2n) is 7.44. The molecule has 0 bridgehead atoms. The molecule has 156 valence electrons. The Bertz CT molecular complexity index is 1150. The number of aromatic nitrogens is 1. The zero-order valence-electron chi connectivity index (χ0n) is 17.6. The fraction of sp³-hybridized carbons (Fsp3) is 0.250. The molecular weight excluding hydrogens is 396 g/mol. The standard InChI is InChI=1S/C24H26N2O3S/c1-5-30(28,29)23-13-21(19-9-6-16(2)7-10-19)12-22(14-23)24(27)26-18(4)20-11-8-17(3)25-15-20/h6-15,18H,5H2,1-4H3,(H,26,27)/t18-/m1/s1. The molecule has 3 rings (SSSR count). The molecule has 1 aromatic heterocycles. The summed E-state index contributed by atoms with van der Waals surface area (Å²) in [6.45, 7) is 7.36. The predicted octanol–water partition coefficient (Wildman–Crippen LogP) is 4.65. The summed E-state index contributed by atoms with van der Waals surface area (Å²) < 4.78 is 25.1. The first-order valence-corrected chi connectivity index (χ1v) is 11.5. The summed E-state index contributed by atoms with van der Waals surface area (Å²) >= 11 is 0. The van der Waals surface area contributed by atoms with Gasteiger partial charge in [-0.15, -0.1) is 0 Å². The Morgan fingerprint density at radius 3 is 2.30 bits per heavy atom. The van der Waals surface area contributed by atoms with Gasteiger partial charge in [0.15, 0.2) is 9.84 Å². The molecule has 0 aliphatic carbocycles. The molecular formula is C24H26N2O3S. The Kier molecular flexibility index (Phi) is 6.37. The smallest absolute Gasteiger partial charge is 0.251 e. The Labute approximate surface area is 178 Å². The van der Waals surface area contributed by atoms with Gasteiger partial charge in [0, 0.05) is 17.5 Å². The minimum atomic E-state index is -3.47.